The van der Waals surface area contributed by atoms with Crippen molar-refractivity contribution in [3.8, 4) is 0 Å². The molecule has 2 amide bonds. The van der Waals surface area contributed by atoms with E-state index in [9.17, 15) is 9.59 Å². The number of carbonyl (C=O) groups is 2. The number of amides is 2. The van der Waals surface area contributed by atoms with Gasteiger partial charge in [-0.2, -0.15) is 0 Å². The van der Waals surface area contributed by atoms with E-state index in [-0.39, 0.29) is 17.9 Å². The van der Waals surface area contributed by atoms with Gasteiger partial charge in [0.25, 0.3) is 0 Å². The number of rotatable bonds is 6. The molecular formula is C16H26N2O2. The second kappa shape index (κ2) is 6.42. The van der Waals surface area contributed by atoms with Gasteiger partial charge >= 0.3 is 0 Å². The summed E-state index contributed by atoms with van der Waals surface area (Å²) in [5, 5.41) is 5.80. The minimum atomic E-state index is -0.773. The van der Waals surface area contributed by atoms with Crippen molar-refractivity contribution in [3.63, 3.8) is 0 Å². The van der Waals surface area contributed by atoms with Crippen molar-refractivity contribution >= 4 is 11.8 Å². The fourth-order valence-corrected chi connectivity index (χ4v) is 2.72. The molecule has 0 aromatic heterocycles. The second-order valence-electron chi connectivity index (χ2n) is 6.32. The first-order valence-electron chi connectivity index (χ1n) is 7.82. The van der Waals surface area contributed by atoms with E-state index in [1.54, 1.807) is 0 Å². The van der Waals surface area contributed by atoms with Crippen LogP contribution in [0.3, 0.4) is 0 Å². The van der Waals surface area contributed by atoms with E-state index in [4.69, 9.17) is 0 Å². The minimum Gasteiger partial charge on any atom is -0.355 e. The molecule has 0 bridgehead atoms. The van der Waals surface area contributed by atoms with Crippen molar-refractivity contribution in [1.82, 2.24) is 10.6 Å². The van der Waals surface area contributed by atoms with Crippen LogP contribution in [-0.2, 0) is 9.59 Å². The highest BCUT2D eigenvalue weighted by Gasteiger charge is 2.56. The number of carbonyl (C=O) groups excluding carboxylic acids is 2. The molecule has 0 heterocycles. The summed E-state index contributed by atoms with van der Waals surface area (Å²) >= 11 is 0. The standard InChI is InChI=1S/C16H26N2O2/c1-12(2)18-15(20)16(9-10-16)14(19)17-11-8-13-6-4-3-5-7-13/h6,12H,3-5,7-11H2,1-2H3,(H,17,19)(H,18,20). The predicted octanol–water partition coefficient (Wildman–Crippen LogP) is 2.30. The smallest absolute Gasteiger partial charge is 0.235 e. The molecule has 0 aliphatic heterocycles. The Balaban J connectivity index is 1.77. The fourth-order valence-electron chi connectivity index (χ4n) is 2.72. The first-order chi connectivity index (χ1) is 9.54. The topological polar surface area (TPSA) is 58.2 Å². The lowest BCUT2D eigenvalue weighted by molar-refractivity contribution is -0.137. The van der Waals surface area contributed by atoms with Crippen LogP contribution in [0.5, 0.6) is 0 Å². The maximum absolute atomic E-state index is 12.2. The molecule has 4 heteroatoms. The molecule has 1 saturated carbocycles. The van der Waals surface area contributed by atoms with Crippen LogP contribution in [-0.4, -0.2) is 24.4 Å². The SMILES string of the molecule is CC(C)NC(=O)C1(C(=O)NCCC2=CCCCC2)CC1. The highest BCUT2D eigenvalue weighted by atomic mass is 16.2. The largest absolute Gasteiger partial charge is 0.355 e. The van der Waals surface area contributed by atoms with E-state index >= 15 is 0 Å². The van der Waals surface area contributed by atoms with Gasteiger partial charge in [0.05, 0.1) is 0 Å². The van der Waals surface area contributed by atoms with Gasteiger partial charge in [-0.05, 0) is 58.8 Å². The molecule has 0 spiro atoms. The summed E-state index contributed by atoms with van der Waals surface area (Å²) in [7, 11) is 0. The molecule has 0 radical (unpaired) electrons. The number of hydrogen-bond donors (Lipinski definition) is 2. The molecule has 0 saturated heterocycles. The minimum absolute atomic E-state index is 0.0835. The van der Waals surface area contributed by atoms with Crippen molar-refractivity contribution in [2.24, 2.45) is 5.41 Å². The average molecular weight is 278 g/mol. The van der Waals surface area contributed by atoms with Gasteiger partial charge in [-0.3, -0.25) is 9.59 Å². The first kappa shape index (κ1) is 15.1. The van der Waals surface area contributed by atoms with Crippen LogP contribution >= 0.6 is 0 Å². The summed E-state index contributed by atoms with van der Waals surface area (Å²) in [5.41, 5.74) is 0.679. The van der Waals surface area contributed by atoms with Crippen LogP contribution in [0.1, 0.15) is 58.8 Å². The van der Waals surface area contributed by atoms with Crippen LogP contribution in [0, 0.1) is 5.41 Å². The molecule has 2 N–H and O–H groups in total. The van der Waals surface area contributed by atoms with Gasteiger partial charge in [0.15, 0.2) is 0 Å². The highest BCUT2D eigenvalue weighted by Crippen LogP contribution is 2.46. The molecule has 112 valence electrons. The van der Waals surface area contributed by atoms with E-state index in [1.165, 1.54) is 24.8 Å². The molecule has 2 aliphatic rings. The predicted molar refractivity (Wildman–Crippen MR) is 79.1 cm³/mol. The van der Waals surface area contributed by atoms with E-state index in [0.717, 1.165) is 12.8 Å². The lowest BCUT2D eigenvalue weighted by Gasteiger charge is -2.18. The normalized spacial score (nSPS) is 20.2. The second-order valence-corrected chi connectivity index (χ2v) is 6.32. The van der Waals surface area contributed by atoms with E-state index in [1.807, 2.05) is 13.8 Å². The zero-order valence-electron chi connectivity index (χ0n) is 12.6. The molecule has 0 aromatic rings. The summed E-state index contributed by atoms with van der Waals surface area (Å²) in [6.07, 6.45) is 9.47. The lowest BCUT2D eigenvalue weighted by Crippen LogP contribution is -2.45. The maximum Gasteiger partial charge on any atom is 0.235 e. The third kappa shape index (κ3) is 3.62. The summed E-state index contributed by atoms with van der Waals surface area (Å²) in [6.45, 7) is 4.49. The van der Waals surface area contributed by atoms with Crippen molar-refractivity contribution in [1.29, 1.82) is 0 Å². The van der Waals surface area contributed by atoms with E-state index in [0.29, 0.717) is 19.4 Å². The quantitative estimate of drug-likeness (QED) is 0.578. The Hall–Kier alpha value is -1.32. The van der Waals surface area contributed by atoms with Gasteiger partial charge < -0.3 is 10.6 Å². The van der Waals surface area contributed by atoms with Gasteiger partial charge in [-0.1, -0.05) is 11.6 Å². The zero-order chi connectivity index (χ0) is 14.6. The Morgan fingerprint density at radius 1 is 1.25 bits per heavy atom. The molecule has 2 aliphatic carbocycles. The van der Waals surface area contributed by atoms with Crippen molar-refractivity contribution in [2.45, 2.75) is 64.8 Å². The van der Waals surface area contributed by atoms with Crippen molar-refractivity contribution in [3.05, 3.63) is 11.6 Å². The third-order valence-electron chi connectivity index (χ3n) is 4.16. The third-order valence-corrected chi connectivity index (χ3v) is 4.16. The Kier molecular flexibility index (Phi) is 4.84. The molecule has 20 heavy (non-hydrogen) atoms. The molecular weight excluding hydrogens is 252 g/mol. The summed E-state index contributed by atoms with van der Waals surface area (Å²) < 4.78 is 0. The lowest BCUT2D eigenvalue weighted by atomic mass is 9.97. The van der Waals surface area contributed by atoms with Crippen LogP contribution in [0.25, 0.3) is 0 Å². The van der Waals surface area contributed by atoms with Crippen LogP contribution in [0.4, 0.5) is 0 Å². The van der Waals surface area contributed by atoms with Gasteiger partial charge in [0.2, 0.25) is 11.8 Å². The number of allylic oxidation sites excluding steroid dienone is 1. The molecule has 2 rings (SSSR count). The monoisotopic (exact) mass is 278 g/mol. The van der Waals surface area contributed by atoms with Crippen LogP contribution in [0.2, 0.25) is 0 Å². The van der Waals surface area contributed by atoms with E-state index in [2.05, 4.69) is 16.7 Å². The van der Waals surface area contributed by atoms with Gasteiger partial charge in [-0.25, -0.2) is 0 Å². The molecule has 0 unspecified atom stereocenters. The summed E-state index contributed by atoms with van der Waals surface area (Å²) in [4.78, 5) is 24.3. The van der Waals surface area contributed by atoms with E-state index < -0.39 is 5.41 Å². The molecule has 4 nitrogen and oxygen atoms in total. The van der Waals surface area contributed by atoms with Crippen molar-refractivity contribution < 1.29 is 9.59 Å². The first-order valence-corrected chi connectivity index (χ1v) is 7.82. The molecule has 1 fully saturated rings. The number of hydrogen-bond acceptors (Lipinski definition) is 2. The summed E-state index contributed by atoms with van der Waals surface area (Å²) in [6, 6.07) is 0.0835. The Morgan fingerprint density at radius 3 is 2.55 bits per heavy atom. The Bertz CT molecular complexity index is 409. The zero-order valence-corrected chi connectivity index (χ0v) is 12.6. The highest BCUT2D eigenvalue weighted by molar-refractivity contribution is 6.07. The van der Waals surface area contributed by atoms with Gasteiger partial charge in [0.1, 0.15) is 5.41 Å². The Labute approximate surface area is 121 Å². The summed E-state index contributed by atoms with van der Waals surface area (Å²) in [5.74, 6) is -0.200. The molecule has 0 aromatic carbocycles. The van der Waals surface area contributed by atoms with Gasteiger partial charge in [-0.15, -0.1) is 0 Å². The maximum atomic E-state index is 12.2. The number of nitrogens with one attached hydrogen (secondary N) is 2. The molecule has 0 atom stereocenters. The van der Waals surface area contributed by atoms with Crippen molar-refractivity contribution in [2.75, 3.05) is 6.54 Å². The average Bonchev–Trinajstić information content (AvgIpc) is 3.20. The fraction of sp³-hybridized carbons (Fsp3) is 0.750. The van der Waals surface area contributed by atoms with Crippen LogP contribution in [0.15, 0.2) is 11.6 Å². The van der Waals surface area contributed by atoms with Crippen LogP contribution < -0.4 is 10.6 Å². The van der Waals surface area contributed by atoms with Gasteiger partial charge in [0, 0.05) is 12.6 Å². The Morgan fingerprint density at radius 2 is 2.00 bits per heavy atom.